The van der Waals surface area contributed by atoms with Crippen LogP contribution in [-0.4, -0.2) is 24.6 Å². The lowest BCUT2D eigenvalue weighted by atomic mass is 9.71. The molecule has 15 heavy (non-hydrogen) atoms. The minimum absolute atomic E-state index is 0.913. The van der Waals surface area contributed by atoms with E-state index in [-0.39, 0.29) is 0 Å². The summed E-state index contributed by atoms with van der Waals surface area (Å²) in [5, 5.41) is 0. The Morgan fingerprint density at radius 3 is 1.27 bits per heavy atom. The third kappa shape index (κ3) is 0.461. The lowest BCUT2D eigenvalue weighted by Gasteiger charge is -2.37. The monoisotopic (exact) mass is 230 g/mol. The quantitative estimate of drug-likeness (QED) is 0.579. The maximum absolute atomic E-state index is 12.7. The summed E-state index contributed by atoms with van der Waals surface area (Å²) in [6.07, 6.45) is -12.0. The van der Waals surface area contributed by atoms with E-state index in [1.807, 2.05) is 0 Å². The van der Waals surface area contributed by atoms with Gasteiger partial charge in [-0.1, -0.05) is 0 Å². The molecule has 0 N–H and O–H groups in total. The fourth-order valence-electron chi connectivity index (χ4n) is 4.34. The second kappa shape index (κ2) is 1.59. The van der Waals surface area contributed by atoms with Gasteiger partial charge in [-0.2, -0.15) is 26.3 Å². The number of ether oxygens (including phenoxy) is 1. The van der Waals surface area contributed by atoms with Crippen molar-refractivity contribution in [2.45, 2.75) is 24.6 Å². The zero-order valence-corrected chi connectivity index (χ0v) is 6.99. The summed E-state index contributed by atoms with van der Waals surface area (Å²) in [5.74, 6) is -1.83. The van der Waals surface area contributed by atoms with Crippen LogP contribution in [-0.2, 0) is 4.74 Å². The highest BCUT2D eigenvalue weighted by Gasteiger charge is 3.17. The molecule has 5 fully saturated rings. The number of rotatable bonds is 0. The summed E-state index contributed by atoms with van der Waals surface area (Å²) in [7, 11) is 0. The van der Waals surface area contributed by atoms with Gasteiger partial charge < -0.3 is 4.74 Å². The van der Waals surface area contributed by atoms with Crippen molar-refractivity contribution >= 4 is 0 Å². The van der Waals surface area contributed by atoms with Crippen LogP contribution in [0.5, 0.6) is 0 Å². The van der Waals surface area contributed by atoms with Crippen LogP contribution in [0.2, 0.25) is 0 Å². The molecule has 7 heteroatoms. The molecular weight excluding hydrogens is 226 g/mol. The molecule has 1 nitrogen and oxygen atoms in total. The van der Waals surface area contributed by atoms with Crippen LogP contribution in [0, 0.1) is 22.7 Å². The average molecular weight is 230 g/mol. The molecule has 2 saturated heterocycles. The molecule has 2 aliphatic heterocycles. The zero-order valence-electron chi connectivity index (χ0n) is 6.99. The maximum atomic E-state index is 12.7. The van der Waals surface area contributed by atoms with Gasteiger partial charge >= 0.3 is 12.4 Å². The molecule has 0 radical (unpaired) electrons. The zero-order chi connectivity index (χ0) is 11.0. The molecule has 6 unspecified atom stereocenters. The minimum Gasteiger partial charge on any atom is -0.372 e. The summed E-state index contributed by atoms with van der Waals surface area (Å²) in [5.41, 5.74) is -5.15. The van der Waals surface area contributed by atoms with Crippen molar-refractivity contribution in [2.75, 3.05) is 0 Å². The molecule has 2 heterocycles. The first-order valence-corrected chi connectivity index (χ1v) is 4.51. The van der Waals surface area contributed by atoms with Crippen molar-refractivity contribution in [1.82, 2.24) is 0 Å². The van der Waals surface area contributed by atoms with Gasteiger partial charge in [-0.25, -0.2) is 0 Å². The standard InChI is InChI=1S/C8H4F6O/c9-7(10,11)5-1-2-4(15-3(1)5)6(2,5)8(12,13)14/h1-4H. The Labute approximate surface area is 79.4 Å². The maximum Gasteiger partial charge on any atom is 0.398 e. The topological polar surface area (TPSA) is 9.23 Å². The van der Waals surface area contributed by atoms with Gasteiger partial charge in [-0.15, -0.1) is 0 Å². The van der Waals surface area contributed by atoms with Gasteiger partial charge in [-0.05, 0) is 0 Å². The van der Waals surface area contributed by atoms with Crippen LogP contribution in [0.15, 0.2) is 0 Å². The van der Waals surface area contributed by atoms with Crippen LogP contribution < -0.4 is 0 Å². The highest BCUT2D eigenvalue weighted by molar-refractivity contribution is 5.54. The molecule has 0 aromatic heterocycles. The van der Waals surface area contributed by atoms with Gasteiger partial charge in [0.1, 0.15) is 10.8 Å². The number of halogens is 6. The van der Waals surface area contributed by atoms with Crippen LogP contribution in [0.25, 0.3) is 0 Å². The minimum atomic E-state index is -4.79. The van der Waals surface area contributed by atoms with Gasteiger partial charge in [0, 0.05) is 11.8 Å². The van der Waals surface area contributed by atoms with E-state index in [1.54, 1.807) is 0 Å². The third-order valence-electron chi connectivity index (χ3n) is 4.69. The van der Waals surface area contributed by atoms with Gasteiger partial charge in [0.2, 0.25) is 0 Å². The highest BCUT2D eigenvalue weighted by Crippen LogP contribution is 3.04. The fraction of sp³-hybridized carbons (Fsp3) is 1.00. The van der Waals surface area contributed by atoms with Crippen molar-refractivity contribution in [3.05, 3.63) is 0 Å². The summed E-state index contributed by atoms with van der Waals surface area (Å²) >= 11 is 0. The van der Waals surface area contributed by atoms with Crippen molar-refractivity contribution < 1.29 is 31.1 Å². The molecule has 6 atom stereocenters. The first kappa shape index (κ1) is 8.66. The Morgan fingerprint density at radius 2 is 1.07 bits per heavy atom. The number of hydrogen-bond acceptors (Lipinski definition) is 1. The number of hydrogen-bond donors (Lipinski definition) is 0. The van der Waals surface area contributed by atoms with Crippen molar-refractivity contribution in [2.24, 2.45) is 22.7 Å². The van der Waals surface area contributed by atoms with E-state index in [9.17, 15) is 26.3 Å². The third-order valence-corrected chi connectivity index (χ3v) is 4.69. The second-order valence-corrected chi connectivity index (χ2v) is 4.76. The molecule has 2 bridgehead atoms. The first-order valence-electron chi connectivity index (χ1n) is 4.51. The van der Waals surface area contributed by atoms with Crippen molar-refractivity contribution in [3.8, 4) is 0 Å². The molecule has 84 valence electrons. The van der Waals surface area contributed by atoms with Gasteiger partial charge in [0.05, 0.1) is 12.2 Å². The first-order chi connectivity index (χ1) is 6.72. The van der Waals surface area contributed by atoms with Crippen LogP contribution in [0.4, 0.5) is 26.3 Å². The predicted molar refractivity (Wildman–Crippen MR) is 32.6 cm³/mol. The Bertz CT molecular complexity index is 332. The fourth-order valence-corrected chi connectivity index (χ4v) is 4.34. The van der Waals surface area contributed by atoms with E-state index < -0.39 is 47.2 Å². The number of alkyl halides is 6. The van der Waals surface area contributed by atoms with E-state index in [2.05, 4.69) is 0 Å². The molecule has 0 aromatic carbocycles. The Morgan fingerprint density at radius 1 is 0.733 bits per heavy atom. The molecular formula is C8H4F6O. The molecule has 0 aromatic rings. The van der Waals surface area contributed by atoms with E-state index >= 15 is 0 Å². The molecule has 3 aliphatic carbocycles. The van der Waals surface area contributed by atoms with Crippen molar-refractivity contribution in [1.29, 1.82) is 0 Å². The largest absolute Gasteiger partial charge is 0.398 e. The lowest BCUT2D eigenvalue weighted by Crippen LogP contribution is -2.51. The van der Waals surface area contributed by atoms with Crippen LogP contribution in [0.1, 0.15) is 0 Å². The average Bonchev–Trinajstić information content (AvgIpc) is 2.57. The smallest absolute Gasteiger partial charge is 0.372 e. The van der Waals surface area contributed by atoms with Crippen LogP contribution in [0.3, 0.4) is 0 Å². The molecule has 5 rings (SSSR count). The van der Waals surface area contributed by atoms with Gasteiger partial charge in [0.25, 0.3) is 0 Å². The molecule has 5 aliphatic rings. The summed E-state index contributed by atoms with van der Waals surface area (Å²) in [4.78, 5) is 0. The lowest BCUT2D eigenvalue weighted by molar-refractivity contribution is -0.305. The summed E-state index contributed by atoms with van der Waals surface area (Å²) < 4.78 is 80.8. The van der Waals surface area contributed by atoms with Crippen LogP contribution >= 0.6 is 0 Å². The molecule has 0 spiro atoms. The second-order valence-electron chi connectivity index (χ2n) is 4.76. The Hall–Kier alpha value is -0.460. The Kier molecular flexibility index (Phi) is 0.921. The predicted octanol–water partition coefficient (Wildman–Crippen LogP) is 2.12. The van der Waals surface area contributed by atoms with E-state index in [0.29, 0.717) is 0 Å². The van der Waals surface area contributed by atoms with Gasteiger partial charge in [0.15, 0.2) is 0 Å². The molecule has 3 saturated carbocycles. The van der Waals surface area contributed by atoms with E-state index in [0.717, 1.165) is 0 Å². The SMILES string of the molecule is FC(F)(F)C12C3OC4C(C31)C42C(F)(F)F. The van der Waals surface area contributed by atoms with Crippen molar-refractivity contribution in [3.63, 3.8) is 0 Å². The molecule has 0 amide bonds. The Balaban J connectivity index is 1.88. The van der Waals surface area contributed by atoms with Gasteiger partial charge in [-0.3, -0.25) is 0 Å². The highest BCUT2D eigenvalue weighted by atomic mass is 19.4. The summed E-state index contributed by atoms with van der Waals surface area (Å²) in [6.45, 7) is 0. The normalized spacial score (nSPS) is 63.6. The van der Waals surface area contributed by atoms with E-state index in [1.165, 1.54) is 0 Å². The van der Waals surface area contributed by atoms with E-state index in [4.69, 9.17) is 4.74 Å². The summed E-state index contributed by atoms with van der Waals surface area (Å²) in [6, 6.07) is 0.